The highest BCUT2D eigenvalue weighted by molar-refractivity contribution is 7.91. The third kappa shape index (κ3) is 3.47. The lowest BCUT2D eigenvalue weighted by Gasteiger charge is -2.22. The molecule has 0 aliphatic carbocycles. The van der Waals surface area contributed by atoms with Crippen molar-refractivity contribution in [3.05, 3.63) is 16.2 Å². The van der Waals surface area contributed by atoms with Crippen LogP contribution in [0, 0.1) is 16.0 Å². The van der Waals surface area contributed by atoms with E-state index >= 15 is 0 Å². The van der Waals surface area contributed by atoms with Crippen LogP contribution in [0.5, 0.6) is 0 Å². The number of hydrogen-bond donors (Lipinski definition) is 1. The normalized spacial score (nSPS) is 13.6. The minimum atomic E-state index is -3.72. The van der Waals surface area contributed by atoms with E-state index in [4.69, 9.17) is 5.73 Å². The summed E-state index contributed by atoms with van der Waals surface area (Å²) in [6.45, 7) is 6.40. The van der Waals surface area contributed by atoms with Gasteiger partial charge < -0.3 is 5.73 Å². The Balaban J connectivity index is 3.14. The van der Waals surface area contributed by atoms with Crippen LogP contribution in [0.1, 0.15) is 27.2 Å². The van der Waals surface area contributed by atoms with E-state index in [-0.39, 0.29) is 20.8 Å². The van der Waals surface area contributed by atoms with Crippen molar-refractivity contribution in [2.45, 2.75) is 31.4 Å². The Morgan fingerprint density at radius 3 is 2.50 bits per heavy atom. The third-order valence-electron chi connectivity index (χ3n) is 3.07. The van der Waals surface area contributed by atoms with Gasteiger partial charge in [0.25, 0.3) is 10.0 Å². The van der Waals surface area contributed by atoms with Crippen molar-refractivity contribution in [2.24, 2.45) is 5.92 Å². The van der Waals surface area contributed by atoms with Crippen molar-refractivity contribution in [1.82, 2.24) is 4.31 Å². The van der Waals surface area contributed by atoms with Gasteiger partial charge in [-0.3, -0.25) is 10.1 Å². The molecule has 1 atom stereocenters. The molecule has 0 fully saturated rings. The Kier molecular flexibility index (Phi) is 5.49. The van der Waals surface area contributed by atoms with Crippen LogP contribution < -0.4 is 5.73 Å². The number of rotatable bonds is 7. The van der Waals surface area contributed by atoms with Gasteiger partial charge >= 0.3 is 5.69 Å². The molecule has 0 saturated heterocycles. The van der Waals surface area contributed by atoms with Crippen molar-refractivity contribution in [3.8, 4) is 0 Å². The van der Waals surface area contributed by atoms with E-state index in [1.807, 2.05) is 13.8 Å². The molecule has 9 heteroatoms. The lowest BCUT2D eigenvalue weighted by molar-refractivity contribution is -0.383. The second-order valence-electron chi connectivity index (χ2n) is 4.54. The molecular weight excluding hydrogens is 302 g/mol. The van der Waals surface area contributed by atoms with E-state index in [0.717, 1.165) is 23.8 Å². The van der Waals surface area contributed by atoms with E-state index < -0.39 is 14.9 Å². The van der Waals surface area contributed by atoms with Crippen LogP contribution in [0.25, 0.3) is 0 Å². The SMILES string of the molecule is CCC(C)CN(CC)S(=O)(=O)c1cc([N+](=O)[O-])c(N)s1. The number of anilines is 1. The van der Waals surface area contributed by atoms with Gasteiger partial charge in [0, 0.05) is 19.2 Å². The molecule has 0 spiro atoms. The van der Waals surface area contributed by atoms with Gasteiger partial charge in [-0.1, -0.05) is 38.5 Å². The summed E-state index contributed by atoms with van der Waals surface area (Å²) in [5.74, 6) is 0.219. The molecule has 0 aliphatic heterocycles. The fourth-order valence-corrected chi connectivity index (χ4v) is 4.58. The summed E-state index contributed by atoms with van der Waals surface area (Å²) in [7, 11) is -3.72. The maximum atomic E-state index is 12.5. The highest BCUT2D eigenvalue weighted by atomic mass is 32.2. The Morgan fingerprint density at radius 1 is 1.50 bits per heavy atom. The number of hydrogen-bond acceptors (Lipinski definition) is 6. The van der Waals surface area contributed by atoms with Crippen molar-refractivity contribution in [1.29, 1.82) is 0 Å². The van der Waals surface area contributed by atoms with Gasteiger partial charge in [-0.25, -0.2) is 8.42 Å². The Hall–Kier alpha value is -1.19. The van der Waals surface area contributed by atoms with E-state index in [9.17, 15) is 18.5 Å². The molecule has 2 N–H and O–H groups in total. The summed E-state index contributed by atoms with van der Waals surface area (Å²) < 4.78 is 26.2. The minimum absolute atomic E-state index is 0.0770. The van der Waals surface area contributed by atoms with Gasteiger partial charge in [0.15, 0.2) is 5.00 Å². The first-order chi connectivity index (χ1) is 9.23. The zero-order valence-corrected chi connectivity index (χ0v) is 13.3. The molecule has 20 heavy (non-hydrogen) atoms. The third-order valence-corrected chi connectivity index (χ3v) is 6.42. The molecular formula is C11H19N3O4S2. The second kappa shape index (κ2) is 6.51. The van der Waals surface area contributed by atoms with Crippen LogP contribution in [0.15, 0.2) is 10.3 Å². The molecule has 114 valence electrons. The second-order valence-corrected chi connectivity index (χ2v) is 7.79. The zero-order valence-electron chi connectivity index (χ0n) is 11.7. The summed E-state index contributed by atoms with van der Waals surface area (Å²) in [6, 6.07) is 1.04. The molecule has 1 rings (SSSR count). The monoisotopic (exact) mass is 321 g/mol. The van der Waals surface area contributed by atoms with Crippen LogP contribution in [-0.2, 0) is 10.0 Å². The van der Waals surface area contributed by atoms with E-state index in [1.54, 1.807) is 6.92 Å². The number of nitrogens with two attached hydrogens (primary N) is 1. The minimum Gasteiger partial charge on any atom is -0.385 e. The summed E-state index contributed by atoms with van der Waals surface area (Å²) in [5.41, 5.74) is 5.15. The van der Waals surface area contributed by atoms with Gasteiger partial charge in [0.1, 0.15) is 4.21 Å². The van der Waals surface area contributed by atoms with Gasteiger partial charge in [0.05, 0.1) is 4.92 Å². The predicted molar refractivity (Wildman–Crippen MR) is 79.3 cm³/mol. The topological polar surface area (TPSA) is 107 Å². The van der Waals surface area contributed by atoms with Crippen molar-refractivity contribution < 1.29 is 13.3 Å². The smallest absolute Gasteiger partial charge is 0.304 e. The molecule has 0 bridgehead atoms. The molecule has 7 nitrogen and oxygen atoms in total. The predicted octanol–water partition coefficient (Wildman–Crippen LogP) is 2.30. The summed E-state index contributed by atoms with van der Waals surface area (Å²) in [4.78, 5) is 10.1. The van der Waals surface area contributed by atoms with Gasteiger partial charge in [0.2, 0.25) is 0 Å². The highest BCUT2D eigenvalue weighted by Gasteiger charge is 2.30. The standard InChI is InChI=1S/C11H19N3O4S2/c1-4-8(3)7-13(5-2)20(17,18)10-6-9(14(15)16)11(12)19-10/h6,8H,4-5,7,12H2,1-3H3. The van der Waals surface area contributed by atoms with Crippen molar-refractivity contribution >= 4 is 32.0 Å². The number of nitrogen functional groups attached to an aromatic ring is 1. The van der Waals surface area contributed by atoms with E-state index in [1.165, 1.54) is 4.31 Å². The maximum Gasteiger partial charge on any atom is 0.304 e. The Morgan fingerprint density at radius 2 is 2.10 bits per heavy atom. The Labute approximate surface area is 122 Å². The van der Waals surface area contributed by atoms with Crippen LogP contribution in [0.2, 0.25) is 0 Å². The molecule has 0 aliphatic rings. The summed E-state index contributed by atoms with van der Waals surface area (Å²) in [5, 5.41) is 10.7. The largest absolute Gasteiger partial charge is 0.385 e. The number of nitrogens with zero attached hydrogens (tertiary/aromatic N) is 2. The quantitative estimate of drug-likeness (QED) is 0.612. The molecule has 1 unspecified atom stereocenters. The lowest BCUT2D eigenvalue weighted by Crippen LogP contribution is -2.34. The number of sulfonamides is 1. The molecule has 0 radical (unpaired) electrons. The Bertz CT molecular complexity index is 582. The van der Waals surface area contributed by atoms with Gasteiger partial charge in [-0.15, -0.1) is 0 Å². The first kappa shape index (κ1) is 16.9. The summed E-state index contributed by atoms with van der Waals surface area (Å²) >= 11 is 0.735. The molecule has 1 aromatic rings. The van der Waals surface area contributed by atoms with E-state index in [2.05, 4.69) is 0 Å². The van der Waals surface area contributed by atoms with Crippen molar-refractivity contribution in [3.63, 3.8) is 0 Å². The van der Waals surface area contributed by atoms with Crippen LogP contribution >= 0.6 is 11.3 Å². The fourth-order valence-electron chi connectivity index (χ4n) is 1.64. The first-order valence-corrected chi connectivity index (χ1v) is 8.53. The van der Waals surface area contributed by atoms with Crippen molar-refractivity contribution in [2.75, 3.05) is 18.8 Å². The van der Waals surface area contributed by atoms with Crippen LogP contribution in [0.4, 0.5) is 10.7 Å². The van der Waals surface area contributed by atoms with E-state index in [0.29, 0.717) is 13.1 Å². The van der Waals surface area contributed by atoms with Crippen LogP contribution in [0.3, 0.4) is 0 Å². The lowest BCUT2D eigenvalue weighted by atomic mass is 10.1. The first-order valence-electron chi connectivity index (χ1n) is 6.27. The molecule has 1 heterocycles. The fraction of sp³-hybridized carbons (Fsp3) is 0.636. The molecule has 0 amide bonds. The summed E-state index contributed by atoms with van der Waals surface area (Å²) in [6.07, 6.45) is 0.860. The maximum absolute atomic E-state index is 12.5. The average Bonchev–Trinajstić information content (AvgIpc) is 2.78. The molecule has 1 aromatic heterocycles. The number of nitro groups is 1. The van der Waals surface area contributed by atoms with Gasteiger partial charge in [-0.2, -0.15) is 4.31 Å². The molecule has 0 saturated carbocycles. The molecule has 0 aromatic carbocycles. The van der Waals surface area contributed by atoms with Gasteiger partial charge in [-0.05, 0) is 5.92 Å². The van der Waals surface area contributed by atoms with Crippen LogP contribution in [-0.4, -0.2) is 30.7 Å². The highest BCUT2D eigenvalue weighted by Crippen LogP contribution is 2.35. The zero-order chi connectivity index (χ0) is 15.5. The number of thiophene rings is 1. The average molecular weight is 321 g/mol.